The lowest BCUT2D eigenvalue weighted by molar-refractivity contribution is 0.0744. The molecule has 0 aliphatic carbocycles. The van der Waals surface area contributed by atoms with Gasteiger partial charge in [0.25, 0.3) is 5.91 Å². The monoisotopic (exact) mass is 288 g/mol. The minimum Gasteiger partial charge on any atom is -0.333 e. The predicted molar refractivity (Wildman–Crippen MR) is 83.2 cm³/mol. The molecule has 0 radical (unpaired) electrons. The second kappa shape index (κ2) is 6.18. The van der Waals surface area contributed by atoms with Crippen molar-refractivity contribution in [1.82, 2.24) is 9.88 Å². The SMILES string of the molecule is CCc1cc(C(=O)N(C)[C@@H](C)c2ccccn2)sc1C. The fraction of sp³-hybridized carbons (Fsp3) is 0.375. The summed E-state index contributed by atoms with van der Waals surface area (Å²) in [6.45, 7) is 6.19. The Hall–Kier alpha value is -1.68. The number of thiophene rings is 1. The summed E-state index contributed by atoms with van der Waals surface area (Å²) in [4.78, 5) is 20.7. The fourth-order valence-electron chi connectivity index (χ4n) is 2.15. The molecule has 2 aromatic heterocycles. The molecule has 0 N–H and O–H groups in total. The van der Waals surface area contributed by atoms with Gasteiger partial charge in [0.15, 0.2) is 0 Å². The van der Waals surface area contributed by atoms with Gasteiger partial charge in [-0.3, -0.25) is 9.78 Å². The minimum atomic E-state index is -0.0313. The van der Waals surface area contributed by atoms with Crippen LogP contribution in [-0.2, 0) is 6.42 Å². The summed E-state index contributed by atoms with van der Waals surface area (Å²) in [7, 11) is 1.84. The minimum absolute atomic E-state index is 0.0313. The van der Waals surface area contributed by atoms with Gasteiger partial charge < -0.3 is 4.90 Å². The highest BCUT2D eigenvalue weighted by atomic mass is 32.1. The largest absolute Gasteiger partial charge is 0.333 e. The van der Waals surface area contributed by atoms with Crippen molar-refractivity contribution in [3.63, 3.8) is 0 Å². The first-order valence-electron chi connectivity index (χ1n) is 6.82. The fourth-order valence-corrected chi connectivity index (χ4v) is 3.24. The average molecular weight is 288 g/mol. The van der Waals surface area contributed by atoms with E-state index in [1.54, 1.807) is 22.4 Å². The van der Waals surface area contributed by atoms with E-state index in [4.69, 9.17) is 0 Å². The maximum atomic E-state index is 12.5. The second-order valence-electron chi connectivity index (χ2n) is 4.89. The Morgan fingerprint density at radius 3 is 2.75 bits per heavy atom. The highest BCUT2D eigenvalue weighted by Gasteiger charge is 2.21. The van der Waals surface area contributed by atoms with Crippen molar-refractivity contribution >= 4 is 17.2 Å². The van der Waals surface area contributed by atoms with Crippen LogP contribution in [0.2, 0.25) is 0 Å². The third kappa shape index (κ3) is 2.90. The summed E-state index contributed by atoms with van der Waals surface area (Å²) in [5.41, 5.74) is 2.17. The van der Waals surface area contributed by atoms with Gasteiger partial charge >= 0.3 is 0 Å². The summed E-state index contributed by atoms with van der Waals surface area (Å²) < 4.78 is 0. The molecule has 106 valence electrons. The molecule has 2 rings (SSSR count). The molecule has 0 saturated heterocycles. The van der Waals surface area contributed by atoms with Crippen molar-refractivity contribution in [2.75, 3.05) is 7.05 Å². The number of carbonyl (C=O) groups excluding carboxylic acids is 1. The molecular weight excluding hydrogens is 268 g/mol. The molecule has 0 fully saturated rings. The second-order valence-corrected chi connectivity index (χ2v) is 6.15. The summed E-state index contributed by atoms with van der Waals surface area (Å²) >= 11 is 1.58. The predicted octanol–water partition coefficient (Wildman–Crippen LogP) is 3.85. The van der Waals surface area contributed by atoms with Crippen LogP contribution < -0.4 is 0 Å². The van der Waals surface area contributed by atoms with E-state index in [1.165, 1.54) is 10.4 Å². The number of nitrogens with zero attached hydrogens (tertiary/aromatic N) is 2. The molecular formula is C16H20N2OS. The van der Waals surface area contributed by atoms with Crippen LogP contribution in [0.3, 0.4) is 0 Å². The molecule has 2 aromatic rings. The molecule has 0 aliphatic rings. The van der Waals surface area contributed by atoms with Crippen molar-refractivity contribution in [2.45, 2.75) is 33.2 Å². The van der Waals surface area contributed by atoms with Crippen molar-refractivity contribution in [1.29, 1.82) is 0 Å². The third-order valence-electron chi connectivity index (χ3n) is 3.63. The van der Waals surface area contributed by atoms with E-state index < -0.39 is 0 Å². The number of carbonyl (C=O) groups is 1. The number of aromatic nitrogens is 1. The Labute approximate surface area is 124 Å². The lowest BCUT2D eigenvalue weighted by Crippen LogP contribution is -2.29. The number of hydrogen-bond donors (Lipinski definition) is 0. The Balaban J connectivity index is 2.19. The first-order valence-corrected chi connectivity index (χ1v) is 7.63. The normalized spacial score (nSPS) is 12.2. The van der Waals surface area contributed by atoms with Crippen LogP contribution in [-0.4, -0.2) is 22.8 Å². The van der Waals surface area contributed by atoms with Gasteiger partial charge in [-0.15, -0.1) is 11.3 Å². The highest BCUT2D eigenvalue weighted by molar-refractivity contribution is 7.14. The highest BCUT2D eigenvalue weighted by Crippen LogP contribution is 2.26. The van der Waals surface area contributed by atoms with Gasteiger partial charge in [0.1, 0.15) is 0 Å². The third-order valence-corrected chi connectivity index (χ3v) is 4.71. The van der Waals surface area contributed by atoms with Gasteiger partial charge in [0, 0.05) is 18.1 Å². The number of amides is 1. The number of aryl methyl sites for hydroxylation is 2. The van der Waals surface area contributed by atoms with Crippen LogP contribution in [0, 0.1) is 6.92 Å². The van der Waals surface area contributed by atoms with Gasteiger partial charge in [0.2, 0.25) is 0 Å². The van der Waals surface area contributed by atoms with E-state index >= 15 is 0 Å². The van der Waals surface area contributed by atoms with Gasteiger partial charge in [-0.2, -0.15) is 0 Å². The van der Waals surface area contributed by atoms with E-state index in [0.717, 1.165) is 17.0 Å². The zero-order chi connectivity index (χ0) is 14.7. The van der Waals surface area contributed by atoms with Crippen molar-refractivity contribution in [3.05, 3.63) is 51.5 Å². The van der Waals surface area contributed by atoms with E-state index in [-0.39, 0.29) is 11.9 Å². The maximum Gasteiger partial charge on any atom is 0.264 e. The summed E-state index contributed by atoms with van der Waals surface area (Å²) in [5.74, 6) is 0.0657. The van der Waals surface area contributed by atoms with E-state index in [2.05, 4.69) is 18.8 Å². The topological polar surface area (TPSA) is 33.2 Å². The van der Waals surface area contributed by atoms with Gasteiger partial charge in [0.05, 0.1) is 16.6 Å². The van der Waals surface area contributed by atoms with Crippen molar-refractivity contribution < 1.29 is 4.79 Å². The molecule has 1 amide bonds. The summed E-state index contributed by atoms with van der Waals surface area (Å²) in [6.07, 6.45) is 2.73. The molecule has 0 bridgehead atoms. The molecule has 0 saturated carbocycles. The molecule has 4 heteroatoms. The molecule has 0 spiro atoms. The van der Waals surface area contributed by atoms with E-state index in [1.807, 2.05) is 38.2 Å². The average Bonchev–Trinajstić information content (AvgIpc) is 2.87. The van der Waals surface area contributed by atoms with Crippen LogP contribution in [0.4, 0.5) is 0 Å². The van der Waals surface area contributed by atoms with E-state index in [0.29, 0.717) is 0 Å². The molecule has 20 heavy (non-hydrogen) atoms. The Morgan fingerprint density at radius 2 is 2.20 bits per heavy atom. The summed E-state index contributed by atoms with van der Waals surface area (Å²) in [6, 6.07) is 7.77. The number of rotatable bonds is 4. The number of hydrogen-bond acceptors (Lipinski definition) is 3. The van der Waals surface area contributed by atoms with Crippen LogP contribution >= 0.6 is 11.3 Å². The zero-order valence-corrected chi connectivity index (χ0v) is 13.2. The first kappa shape index (κ1) is 14.7. The van der Waals surface area contributed by atoms with Crippen LogP contribution in [0.1, 0.15) is 45.7 Å². The first-order chi connectivity index (χ1) is 9.54. The Bertz CT molecular complexity index is 592. The molecule has 1 atom stereocenters. The van der Waals surface area contributed by atoms with Crippen molar-refractivity contribution in [3.8, 4) is 0 Å². The van der Waals surface area contributed by atoms with Gasteiger partial charge in [-0.1, -0.05) is 13.0 Å². The lowest BCUT2D eigenvalue weighted by atomic mass is 10.1. The smallest absolute Gasteiger partial charge is 0.264 e. The van der Waals surface area contributed by atoms with Crippen LogP contribution in [0.5, 0.6) is 0 Å². The lowest BCUT2D eigenvalue weighted by Gasteiger charge is -2.23. The molecule has 3 nitrogen and oxygen atoms in total. The number of pyridine rings is 1. The quantitative estimate of drug-likeness (QED) is 0.856. The van der Waals surface area contributed by atoms with Crippen LogP contribution in [0.15, 0.2) is 30.5 Å². The van der Waals surface area contributed by atoms with Gasteiger partial charge in [-0.05, 0) is 44.0 Å². The van der Waals surface area contributed by atoms with Gasteiger partial charge in [-0.25, -0.2) is 0 Å². The van der Waals surface area contributed by atoms with Crippen LogP contribution in [0.25, 0.3) is 0 Å². The zero-order valence-electron chi connectivity index (χ0n) is 12.4. The Morgan fingerprint density at radius 1 is 1.45 bits per heavy atom. The Kier molecular flexibility index (Phi) is 4.55. The molecule has 0 aromatic carbocycles. The molecule has 0 aliphatic heterocycles. The molecule has 0 unspecified atom stereocenters. The van der Waals surface area contributed by atoms with E-state index in [9.17, 15) is 4.79 Å². The standard InChI is InChI=1S/C16H20N2OS/c1-5-13-10-15(20-12(13)3)16(19)18(4)11(2)14-8-6-7-9-17-14/h6-11H,5H2,1-4H3/t11-/m0/s1. The maximum absolute atomic E-state index is 12.5. The summed E-state index contributed by atoms with van der Waals surface area (Å²) in [5, 5.41) is 0. The van der Waals surface area contributed by atoms with Crippen molar-refractivity contribution in [2.24, 2.45) is 0 Å². The molecule has 2 heterocycles.